The van der Waals surface area contributed by atoms with Crippen LogP contribution in [0.25, 0.3) is 10.9 Å². The third-order valence-electron chi connectivity index (χ3n) is 6.09. The number of phenolic OH excluding ortho intramolecular Hbond substituents is 1. The number of aryl methyl sites for hydroxylation is 2. The van der Waals surface area contributed by atoms with Gasteiger partial charge in [-0.15, -0.1) is 0 Å². The van der Waals surface area contributed by atoms with Crippen LogP contribution in [0.5, 0.6) is 5.75 Å². The van der Waals surface area contributed by atoms with Gasteiger partial charge in [0.15, 0.2) is 0 Å². The van der Waals surface area contributed by atoms with Crippen molar-refractivity contribution in [3.8, 4) is 5.75 Å². The molecule has 0 spiro atoms. The minimum atomic E-state index is -0.986. The molecule has 3 nitrogen and oxygen atoms in total. The first-order valence-electron chi connectivity index (χ1n) is 10.5. The number of aromatic nitrogens is 1. The molecule has 0 fully saturated rings. The predicted octanol–water partition coefficient (Wildman–Crippen LogP) is 6.06. The zero-order chi connectivity index (χ0) is 21.1. The van der Waals surface area contributed by atoms with Gasteiger partial charge < -0.3 is 14.9 Å². The fraction of sp³-hybridized carbons (Fsp3) is 0.222. The smallest absolute Gasteiger partial charge is 0.140 e. The van der Waals surface area contributed by atoms with Crippen molar-refractivity contribution in [2.45, 2.75) is 38.5 Å². The minimum absolute atomic E-state index is 0.182. The molecule has 30 heavy (non-hydrogen) atoms. The van der Waals surface area contributed by atoms with E-state index >= 15 is 0 Å². The monoisotopic (exact) mass is 397 g/mol. The zero-order valence-corrected chi connectivity index (χ0v) is 17.5. The summed E-state index contributed by atoms with van der Waals surface area (Å²) < 4.78 is 0. The number of para-hydroxylation sites is 1. The van der Waals surface area contributed by atoms with Gasteiger partial charge in [-0.05, 0) is 60.2 Å². The molecule has 4 rings (SSSR count). The van der Waals surface area contributed by atoms with E-state index in [0.29, 0.717) is 0 Å². The Bertz CT molecular complexity index is 1160. The number of carbonyl (C=O) groups is 1. The van der Waals surface area contributed by atoms with E-state index in [1.807, 2.05) is 30.3 Å². The summed E-state index contributed by atoms with van der Waals surface area (Å²) in [5, 5.41) is 10.9. The zero-order valence-electron chi connectivity index (χ0n) is 17.5. The van der Waals surface area contributed by atoms with Crippen molar-refractivity contribution in [3.05, 3.63) is 101 Å². The van der Waals surface area contributed by atoms with Crippen LogP contribution in [0.1, 0.15) is 47.7 Å². The molecule has 0 radical (unpaired) electrons. The summed E-state index contributed by atoms with van der Waals surface area (Å²) in [5.41, 5.74) is 4.96. The topological polar surface area (TPSA) is 53.1 Å². The summed E-state index contributed by atoms with van der Waals surface area (Å²) in [6.07, 6.45) is 4.37. The van der Waals surface area contributed by atoms with Gasteiger partial charge in [0.25, 0.3) is 0 Å². The van der Waals surface area contributed by atoms with Crippen LogP contribution in [0, 0.1) is 6.92 Å². The quantitative estimate of drug-likeness (QED) is 0.373. The molecule has 0 bridgehead atoms. The van der Waals surface area contributed by atoms with E-state index in [4.69, 9.17) is 0 Å². The summed E-state index contributed by atoms with van der Waals surface area (Å²) in [6, 6.07) is 23.4. The van der Waals surface area contributed by atoms with Gasteiger partial charge in [-0.1, -0.05) is 67.9 Å². The van der Waals surface area contributed by atoms with Crippen molar-refractivity contribution in [1.82, 2.24) is 4.98 Å². The number of nitrogens with one attached hydrogen (secondary N) is 1. The molecule has 0 saturated heterocycles. The van der Waals surface area contributed by atoms with Crippen LogP contribution >= 0.6 is 0 Å². The van der Waals surface area contributed by atoms with Crippen LogP contribution in [-0.4, -0.2) is 16.4 Å². The fourth-order valence-corrected chi connectivity index (χ4v) is 4.37. The molecule has 0 unspecified atom stereocenters. The van der Waals surface area contributed by atoms with Crippen LogP contribution < -0.4 is 0 Å². The molecule has 0 amide bonds. The Labute approximate surface area is 177 Å². The lowest BCUT2D eigenvalue weighted by Gasteiger charge is -2.30. The highest BCUT2D eigenvalue weighted by molar-refractivity contribution is 5.90. The SMILES string of the molecule is CCCCc1ccc([C@](C=O)(c2ccc(O)cc2)c2[nH]c3ccccc3c2C)cc1. The summed E-state index contributed by atoms with van der Waals surface area (Å²) >= 11 is 0. The maximum Gasteiger partial charge on any atom is 0.140 e. The molecule has 0 aliphatic heterocycles. The van der Waals surface area contributed by atoms with Crippen LogP contribution in [-0.2, 0) is 16.6 Å². The average Bonchev–Trinajstić information content (AvgIpc) is 3.12. The number of carbonyl (C=O) groups excluding carboxylic acids is 1. The molecule has 2 N–H and O–H groups in total. The van der Waals surface area contributed by atoms with Crippen molar-refractivity contribution in [1.29, 1.82) is 0 Å². The van der Waals surface area contributed by atoms with E-state index in [1.54, 1.807) is 12.1 Å². The Kier molecular flexibility index (Phi) is 5.45. The van der Waals surface area contributed by atoms with Gasteiger partial charge in [-0.3, -0.25) is 0 Å². The molecule has 0 aliphatic carbocycles. The van der Waals surface area contributed by atoms with Crippen LogP contribution in [0.4, 0.5) is 0 Å². The molecule has 3 heteroatoms. The Balaban J connectivity index is 1.95. The van der Waals surface area contributed by atoms with Crippen molar-refractivity contribution in [3.63, 3.8) is 0 Å². The van der Waals surface area contributed by atoms with E-state index in [9.17, 15) is 9.90 Å². The molecule has 1 aromatic heterocycles. The molecule has 4 aromatic rings. The second-order valence-corrected chi connectivity index (χ2v) is 7.94. The molecular weight excluding hydrogens is 370 g/mol. The van der Waals surface area contributed by atoms with Crippen LogP contribution in [0.3, 0.4) is 0 Å². The first-order chi connectivity index (χ1) is 14.6. The van der Waals surface area contributed by atoms with E-state index < -0.39 is 5.41 Å². The first kappa shape index (κ1) is 20.0. The number of benzene rings is 3. The maximum absolute atomic E-state index is 12.9. The average molecular weight is 398 g/mol. The Morgan fingerprint density at radius 3 is 2.17 bits per heavy atom. The summed E-state index contributed by atoms with van der Waals surface area (Å²) in [4.78, 5) is 16.4. The van der Waals surface area contributed by atoms with Gasteiger partial charge in [0.05, 0.1) is 0 Å². The van der Waals surface area contributed by atoms with Crippen LogP contribution in [0.15, 0.2) is 72.8 Å². The number of hydrogen-bond donors (Lipinski definition) is 2. The number of aromatic amines is 1. The van der Waals surface area contributed by atoms with E-state index in [1.165, 1.54) is 5.56 Å². The first-order valence-corrected chi connectivity index (χ1v) is 10.5. The van der Waals surface area contributed by atoms with E-state index in [-0.39, 0.29) is 5.75 Å². The van der Waals surface area contributed by atoms with Crippen molar-refractivity contribution >= 4 is 17.2 Å². The second-order valence-electron chi connectivity index (χ2n) is 7.94. The molecule has 1 heterocycles. The normalized spacial score (nSPS) is 13.3. The lowest BCUT2D eigenvalue weighted by atomic mass is 9.72. The minimum Gasteiger partial charge on any atom is -0.508 e. The maximum atomic E-state index is 12.9. The highest BCUT2D eigenvalue weighted by Gasteiger charge is 2.39. The number of hydrogen-bond acceptors (Lipinski definition) is 2. The number of unbranched alkanes of at least 4 members (excludes halogenated alkanes) is 1. The Morgan fingerprint density at radius 2 is 1.57 bits per heavy atom. The van der Waals surface area contributed by atoms with Crippen molar-refractivity contribution in [2.75, 3.05) is 0 Å². The molecular formula is C27H27NO2. The Morgan fingerprint density at radius 1 is 0.933 bits per heavy atom. The predicted molar refractivity (Wildman–Crippen MR) is 122 cm³/mol. The van der Waals surface area contributed by atoms with Gasteiger partial charge >= 0.3 is 0 Å². The summed E-state index contributed by atoms with van der Waals surface area (Å²) in [7, 11) is 0. The van der Waals surface area contributed by atoms with Gasteiger partial charge in [-0.2, -0.15) is 0 Å². The number of rotatable bonds is 7. The van der Waals surface area contributed by atoms with Crippen molar-refractivity contribution < 1.29 is 9.90 Å². The van der Waals surface area contributed by atoms with Gasteiger partial charge in [0.2, 0.25) is 0 Å². The van der Waals surface area contributed by atoms with E-state index in [0.717, 1.165) is 58.8 Å². The highest BCUT2D eigenvalue weighted by Crippen LogP contribution is 2.41. The lowest BCUT2D eigenvalue weighted by Crippen LogP contribution is -2.32. The van der Waals surface area contributed by atoms with Gasteiger partial charge in [0.1, 0.15) is 17.5 Å². The molecule has 3 aromatic carbocycles. The van der Waals surface area contributed by atoms with Gasteiger partial charge in [0, 0.05) is 16.6 Å². The summed E-state index contributed by atoms with van der Waals surface area (Å²) in [5.74, 6) is 0.182. The standard InChI is InChI=1S/C27H27NO2/c1-3-4-7-20-10-12-21(13-11-20)27(18-29,22-14-16-23(30)17-15-22)26-19(2)24-8-5-6-9-25(24)28-26/h5-6,8-18,28,30H,3-4,7H2,1-2H3/t27-/m1/s1. The number of aldehydes is 1. The lowest BCUT2D eigenvalue weighted by molar-refractivity contribution is -0.110. The third-order valence-corrected chi connectivity index (χ3v) is 6.09. The third kappa shape index (κ3) is 3.30. The molecule has 0 saturated carbocycles. The second kappa shape index (κ2) is 8.19. The van der Waals surface area contributed by atoms with Gasteiger partial charge in [-0.25, -0.2) is 0 Å². The molecule has 152 valence electrons. The number of aromatic hydroxyl groups is 1. The Hall–Kier alpha value is -3.33. The van der Waals surface area contributed by atoms with E-state index in [2.05, 4.69) is 49.2 Å². The number of phenols is 1. The highest BCUT2D eigenvalue weighted by atomic mass is 16.3. The van der Waals surface area contributed by atoms with Crippen molar-refractivity contribution in [2.24, 2.45) is 0 Å². The number of fused-ring (bicyclic) bond motifs is 1. The molecule has 0 aliphatic rings. The largest absolute Gasteiger partial charge is 0.508 e. The summed E-state index contributed by atoms with van der Waals surface area (Å²) in [6.45, 7) is 4.25. The van der Waals surface area contributed by atoms with Crippen LogP contribution in [0.2, 0.25) is 0 Å². The number of H-pyrrole nitrogens is 1. The fourth-order valence-electron chi connectivity index (χ4n) is 4.37. The molecule has 1 atom stereocenters.